The zero-order valence-electron chi connectivity index (χ0n) is 20.0. The highest BCUT2D eigenvalue weighted by atomic mass is 16.5. The van der Waals surface area contributed by atoms with Crippen LogP contribution in [-0.4, -0.2) is 60.6 Å². The Kier molecular flexibility index (Phi) is 7.45. The second kappa shape index (κ2) is 10.7. The molecular formula is C26H30N4O5. The van der Waals surface area contributed by atoms with Gasteiger partial charge in [0.15, 0.2) is 0 Å². The van der Waals surface area contributed by atoms with Crippen LogP contribution >= 0.6 is 0 Å². The molecule has 4 amide bonds. The maximum atomic E-state index is 12.7. The molecule has 35 heavy (non-hydrogen) atoms. The first-order chi connectivity index (χ1) is 16.8. The molecule has 2 N–H and O–H groups in total. The molecule has 2 aromatic carbocycles. The number of benzene rings is 2. The van der Waals surface area contributed by atoms with E-state index in [-0.39, 0.29) is 61.5 Å². The molecule has 0 aliphatic carbocycles. The molecule has 9 heteroatoms. The van der Waals surface area contributed by atoms with Crippen molar-refractivity contribution >= 4 is 35.0 Å². The summed E-state index contributed by atoms with van der Waals surface area (Å²) >= 11 is 0. The van der Waals surface area contributed by atoms with Gasteiger partial charge in [-0.25, -0.2) is 0 Å². The van der Waals surface area contributed by atoms with E-state index in [1.54, 1.807) is 23.9 Å². The molecule has 2 aliphatic rings. The van der Waals surface area contributed by atoms with Gasteiger partial charge in [-0.15, -0.1) is 0 Å². The van der Waals surface area contributed by atoms with E-state index in [4.69, 9.17) is 4.74 Å². The van der Waals surface area contributed by atoms with Crippen LogP contribution in [0.15, 0.2) is 48.5 Å². The number of carbonyl (C=O) groups excluding carboxylic acids is 4. The normalized spacial score (nSPS) is 19.8. The molecule has 0 radical (unpaired) electrons. The average Bonchev–Trinajstić information content (AvgIpc) is 3.36. The zero-order chi connectivity index (χ0) is 24.9. The number of hydrogen-bond acceptors (Lipinski definition) is 5. The minimum atomic E-state index is -0.369. The second-order valence-electron chi connectivity index (χ2n) is 9.14. The van der Waals surface area contributed by atoms with Gasteiger partial charge in [0.2, 0.25) is 23.6 Å². The van der Waals surface area contributed by atoms with Crippen molar-refractivity contribution < 1.29 is 23.9 Å². The lowest BCUT2D eigenvalue weighted by atomic mass is 10.1. The zero-order valence-corrected chi connectivity index (χ0v) is 20.0. The van der Waals surface area contributed by atoms with E-state index in [1.807, 2.05) is 48.5 Å². The summed E-state index contributed by atoms with van der Waals surface area (Å²) in [6.07, 6.45) is 0.434. The number of nitrogens with one attached hydrogen (secondary N) is 2. The second-order valence-corrected chi connectivity index (χ2v) is 9.14. The lowest BCUT2D eigenvalue weighted by Crippen LogP contribution is -2.26. The van der Waals surface area contributed by atoms with Gasteiger partial charge < -0.3 is 25.2 Å². The third-order valence-electron chi connectivity index (χ3n) is 6.49. The van der Waals surface area contributed by atoms with Crippen LogP contribution in [0, 0.1) is 11.8 Å². The summed E-state index contributed by atoms with van der Waals surface area (Å²) < 4.78 is 5.94. The maximum Gasteiger partial charge on any atom is 0.229 e. The number of anilines is 2. The fraction of sp³-hybridized carbons (Fsp3) is 0.385. The van der Waals surface area contributed by atoms with Crippen molar-refractivity contribution in [3.63, 3.8) is 0 Å². The third-order valence-corrected chi connectivity index (χ3v) is 6.49. The van der Waals surface area contributed by atoms with Crippen LogP contribution in [-0.2, 0) is 37.1 Å². The molecule has 2 aromatic rings. The van der Waals surface area contributed by atoms with Crippen molar-refractivity contribution in [3.05, 3.63) is 59.7 Å². The van der Waals surface area contributed by atoms with Crippen LogP contribution in [0.2, 0.25) is 0 Å². The molecule has 2 atom stereocenters. The molecular weight excluding hydrogens is 448 g/mol. The molecule has 2 heterocycles. The number of nitrogens with zero attached hydrogens (tertiary/aromatic N) is 2. The van der Waals surface area contributed by atoms with E-state index in [0.29, 0.717) is 24.5 Å². The summed E-state index contributed by atoms with van der Waals surface area (Å²) in [4.78, 5) is 52.0. The van der Waals surface area contributed by atoms with E-state index in [2.05, 4.69) is 10.6 Å². The number of rotatable bonds is 8. The third kappa shape index (κ3) is 5.86. The van der Waals surface area contributed by atoms with E-state index < -0.39 is 0 Å². The predicted octanol–water partition coefficient (Wildman–Crippen LogP) is 2.24. The van der Waals surface area contributed by atoms with Crippen molar-refractivity contribution in [2.24, 2.45) is 11.8 Å². The smallest absolute Gasteiger partial charge is 0.229 e. The van der Waals surface area contributed by atoms with Crippen molar-refractivity contribution in [2.75, 3.05) is 37.8 Å². The molecule has 9 nitrogen and oxygen atoms in total. The number of carbonyl (C=O) groups is 4. The van der Waals surface area contributed by atoms with E-state index >= 15 is 0 Å². The van der Waals surface area contributed by atoms with Crippen LogP contribution in [0.5, 0.6) is 0 Å². The quantitative estimate of drug-likeness (QED) is 0.605. The number of likely N-dealkylation sites (tertiary alicyclic amines) is 2. The average molecular weight is 479 g/mol. The predicted molar refractivity (Wildman–Crippen MR) is 130 cm³/mol. The van der Waals surface area contributed by atoms with Gasteiger partial charge in [0, 0.05) is 62.5 Å². The van der Waals surface area contributed by atoms with Crippen molar-refractivity contribution in [3.8, 4) is 0 Å². The molecule has 2 fully saturated rings. The highest BCUT2D eigenvalue weighted by Gasteiger charge is 2.33. The minimum Gasteiger partial charge on any atom is -0.372 e. The first-order valence-corrected chi connectivity index (χ1v) is 11.6. The summed E-state index contributed by atoms with van der Waals surface area (Å²) in [5, 5.41) is 5.86. The molecule has 0 spiro atoms. The van der Waals surface area contributed by atoms with Gasteiger partial charge in [0.1, 0.15) is 0 Å². The highest BCUT2D eigenvalue weighted by molar-refractivity contribution is 5.98. The van der Waals surface area contributed by atoms with E-state index in [9.17, 15) is 19.2 Å². The standard InChI is InChI=1S/C26H30N4O5/c1-29-13-19(11-23(29)31)25(33)27-21-9-5-3-7-17(21)15-35-16-18-8-4-6-10-22(18)28-26(34)20-12-24(32)30(2)14-20/h3-10,19-20H,11-16H2,1-2H3,(H,27,33)(H,28,34). The Morgan fingerprint density at radius 1 is 0.771 bits per heavy atom. The van der Waals surface area contributed by atoms with Gasteiger partial charge >= 0.3 is 0 Å². The lowest BCUT2D eigenvalue weighted by molar-refractivity contribution is -0.127. The number of para-hydroxylation sites is 2. The van der Waals surface area contributed by atoms with Gasteiger partial charge in [-0.05, 0) is 12.1 Å². The number of amides is 4. The number of hydrogen-bond donors (Lipinski definition) is 2. The Morgan fingerprint density at radius 2 is 1.17 bits per heavy atom. The molecule has 0 saturated carbocycles. The van der Waals surface area contributed by atoms with Gasteiger partial charge in [-0.1, -0.05) is 36.4 Å². The van der Waals surface area contributed by atoms with Crippen molar-refractivity contribution in [2.45, 2.75) is 26.1 Å². The van der Waals surface area contributed by atoms with Gasteiger partial charge in [-0.3, -0.25) is 19.2 Å². The Balaban J connectivity index is 1.35. The molecule has 2 saturated heterocycles. The van der Waals surface area contributed by atoms with Crippen LogP contribution < -0.4 is 10.6 Å². The van der Waals surface area contributed by atoms with Gasteiger partial charge in [0.05, 0.1) is 25.0 Å². The van der Waals surface area contributed by atoms with Gasteiger partial charge in [-0.2, -0.15) is 0 Å². The van der Waals surface area contributed by atoms with Gasteiger partial charge in [0.25, 0.3) is 0 Å². The van der Waals surface area contributed by atoms with Crippen LogP contribution in [0.4, 0.5) is 11.4 Å². The lowest BCUT2D eigenvalue weighted by Gasteiger charge is -2.16. The summed E-state index contributed by atoms with van der Waals surface area (Å²) in [5.74, 6) is -1.16. The van der Waals surface area contributed by atoms with Crippen molar-refractivity contribution in [1.82, 2.24) is 9.80 Å². The Bertz CT molecular complexity index is 1050. The first-order valence-electron chi connectivity index (χ1n) is 11.6. The van der Waals surface area contributed by atoms with Crippen molar-refractivity contribution in [1.29, 1.82) is 0 Å². The molecule has 2 unspecified atom stereocenters. The SMILES string of the molecule is CN1CC(C(=O)Nc2ccccc2COCc2ccccc2NC(=O)C2CC(=O)N(C)C2)CC1=O. The summed E-state index contributed by atoms with van der Waals surface area (Å²) in [6.45, 7) is 1.34. The maximum absolute atomic E-state index is 12.7. The van der Waals surface area contributed by atoms with E-state index in [0.717, 1.165) is 11.1 Å². The minimum absolute atomic E-state index is 0.0286. The Morgan fingerprint density at radius 3 is 1.54 bits per heavy atom. The summed E-state index contributed by atoms with van der Waals surface area (Å²) in [5.41, 5.74) is 2.92. The highest BCUT2D eigenvalue weighted by Crippen LogP contribution is 2.24. The monoisotopic (exact) mass is 478 g/mol. The fourth-order valence-corrected chi connectivity index (χ4v) is 4.36. The Hall–Kier alpha value is -3.72. The molecule has 184 valence electrons. The Labute approximate surface area is 204 Å². The van der Waals surface area contributed by atoms with Crippen LogP contribution in [0.1, 0.15) is 24.0 Å². The van der Waals surface area contributed by atoms with Crippen LogP contribution in [0.3, 0.4) is 0 Å². The number of ether oxygens (including phenoxy) is 1. The molecule has 0 aromatic heterocycles. The van der Waals surface area contributed by atoms with E-state index in [1.165, 1.54) is 0 Å². The fourth-order valence-electron chi connectivity index (χ4n) is 4.36. The largest absolute Gasteiger partial charge is 0.372 e. The summed E-state index contributed by atoms with van der Waals surface area (Å²) in [7, 11) is 3.40. The topological polar surface area (TPSA) is 108 Å². The van der Waals surface area contributed by atoms with Crippen LogP contribution in [0.25, 0.3) is 0 Å². The summed E-state index contributed by atoms with van der Waals surface area (Å²) in [6, 6.07) is 14.8. The molecule has 2 aliphatic heterocycles. The first kappa shape index (κ1) is 24.4. The molecule has 0 bridgehead atoms. The molecule has 4 rings (SSSR count).